The first kappa shape index (κ1) is 13.4. The molecule has 0 aliphatic heterocycles. The molecule has 2 aromatic rings. The van der Waals surface area contributed by atoms with Crippen LogP contribution in [0, 0.1) is 0 Å². The Hall–Kier alpha value is -2.07. The van der Waals surface area contributed by atoms with Gasteiger partial charge in [0, 0.05) is 23.4 Å². The molecule has 1 aromatic carbocycles. The lowest BCUT2D eigenvalue weighted by atomic mass is 10.1. The highest BCUT2D eigenvalue weighted by Crippen LogP contribution is 2.22. The summed E-state index contributed by atoms with van der Waals surface area (Å²) in [7, 11) is 0. The normalized spacial score (nSPS) is 10.7. The molecule has 19 heavy (non-hydrogen) atoms. The fourth-order valence-corrected chi connectivity index (χ4v) is 1.84. The summed E-state index contributed by atoms with van der Waals surface area (Å²) < 4.78 is 5.64. The van der Waals surface area contributed by atoms with Crippen LogP contribution in [0.4, 0.5) is 0 Å². The van der Waals surface area contributed by atoms with E-state index in [1.165, 1.54) is 0 Å². The smallest absolute Gasteiger partial charge is 0.252 e. The van der Waals surface area contributed by atoms with Crippen LogP contribution < -0.4 is 16.0 Å². The maximum atomic E-state index is 11.7. The zero-order chi connectivity index (χ0) is 13.8. The molecule has 0 aliphatic carbocycles. The van der Waals surface area contributed by atoms with E-state index in [2.05, 4.69) is 4.98 Å². The molecule has 100 valence electrons. The van der Waals surface area contributed by atoms with Gasteiger partial charge in [-0.3, -0.25) is 4.79 Å². The number of rotatable bonds is 4. The number of benzene rings is 1. The third kappa shape index (κ3) is 3.23. The molecule has 0 saturated heterocycles. The fourth-order valence-electron chi connectivity index (χ4n) is 1.84. The van der Waals surface area contributed by atoms with Crippen molar-refractivity contribution in [2.24, 2.45) is 5.73 Å². The van der Waals surface area contributed by atoms with Crippen LogP contribution in [0.15, 0.2) is 41.2 Å². The first-order valence-electron chi connectivity index (χ1n) is 6.29. The second kappa shape index (κ2) is 5.71. The Morgan fingerprint density at radius 2 is 2.05 bits per heavy atom. The molecule has 0 atom stereocenters. The molecule has 0 radical (unpaired) electrons. The van der Waals surface area contributed by atoms with E-state index in [1.54, 1.807) is 6.07 Å². The molecule has 0 aliphatic rings. The van der Waals surface area contributed by atoms with Crippen LogP contribution in [0.2, 0.25) is 0 Å². The van der Waals surface area contributed by atoms with Gasteiger partial charge in [-0.1, -0.05) is 18.2 Å². The molecule has 0 fully saturated rings. The van der Waals surface area contributed by atoms with Gasteiger partial charge in [-0.05, 0) is 32.0 Å². The van der Waals surface area contributed by atoms with E-state index < -0.39 is 0 Å². The van der Waals surface area contributed by atoms with Crippen LogP contribution in [-0.2, 0) is 6.54 Å². The van der Waals surface area contributed by atoms with Crippen LogP contribution in [0.5, 0.6) is 5.75 Å². The van der Waals surface area contributed by atoms with Gasteiger partial charge in [0.15, 0.2) is 0 Å². The average molecular weight is 258 g/mol. The van der Waals surface area contributed by atoms with Gasteiger partial charge in [-0.2, -0.15) is 0 Å². The van der Waals surface area contributed by atoms with Gasteiger partial charge in [0.1, 0.15) is 5.75 Å². The van der Waals surface area contributed by atoms with Crippen molar-refractivity contribution in [3.63, 3.8) is 0 Å². The van der Waals surface area contributed by atoms with Gasteiger partial charge < -0.3 is 15.5 Å². The summed E-state index contributed by atoms with van der Waals surface area (Å²) >= 11 is 0. The first-order chi connectivity index (χ1) is 9.10. The molecule has 0 bridgehead atoms. The minimum absolute atomic E-state index is 0.119. The van der Waals surface area contributed by atoms with Crippen molar-refractivity contribution in [1.29, 1.82) is 0 Å². The number of aromatic amines is 1. The minimum atomic E-state index is -0.143. The summed E-state index contributed by atoms with van der Waals surface area (Å²) in [5.41, 5.74) is 7.59. The lowest BCUT2D eigenvalue weighted by Crippen LogP contribution is -2.15. The average Bonchev–Trinajstić information content (AvgIpc) is 2.38. The van der Waals surface area contributed by atoms with Crippen LogP contribution in [0.3, 0.4) is 0 Å². The Balaban J connectivity index is 2.36. The molecule has 3 N–H and O–H groups in total. The third-order valence-corrected chi connectivity index (χ3v) is 2.73. The Labute approximate surface area is 112 Å². The highest BCUT2D eigenvalue weighted by Gasteiger charge is 2.04. The lowest BCUT2D eigenvalue weighted by Gasteiger charge is -2.11. The number of hydrogen-bond acceptors (Lipinski definition) is 3. The van der Waals surface area contributed by atoms with Gasteiger partial charge >= 0.3 is 0 Å². The van der Waals surface area contributed by atoms with E-state index in [0.717, 1.165) is 17.0 Å². The number of nitrogens with one attached hydrogen (secondary N) is 1. The zero-order valence-electron chi connectivity index (χ0n) is 11.1. The van der Waals surface area contributed by atoms with Gasteiger partial charge in [-0.25, -0.2) is 0 Å². The summed E-state index contributed by atoms with van der Waals surface area (Å²) in [4.78, 5) is 14.6. The Morgan fingerprint density at radius 3 is 2.68 bits per heavy atom. The predicted octanol–water partition coefficient (Wildman–Crippen LogP) is 2.29. The number of pyridine rings is 1. The molecule has 2 rings (SSSR count). The van der Waals surface area contributed by atoms with Crippen LogP contribution in [-0.4, -0.2) is 11.1 Å². The van der Waals surface area contributed by atoms with E-state index >= 15 is 0 Å². The van der Waals surface area contributed by atoms with E-state index in [9.17, 15) is 4.79 Å². The highest BCUT2D eigenvalue weighted by molar-refractivity contribution is 5.61. The topological polar surface area (TPSA) is 68.1 Å². The maximum absolute atomic E-state index is 11.7. The largest absolute Gasteiger partial charge is 0.491 e. The maximum Gasteiger partial charge on any atom is 0.252 e. The number of nitrogens with two attached hydrogens (primary N) is 1. The van der Waals surface area contributed by atoms with E-state index in [4.69, 9.17) is 10.5 Å². The number of H-pyrrole nitrogens is 1. The van der Waals surface area contributed by atoms with Crippen LogP contribution in [0.25, 0.3) is 11.3 Å². The summed E-state index contributed by atoms with van der Waals surface area (Å²) in [5.74, 6) is 0.788. The van der Waals surface area contributed by atoms with Crippen LogP contribution in [0.1, 0.15) is 19.4 Å². The Morgan fingerprint density at radius 1 is 1.26 bits per heavy atom. The fraction of sp³-hybridized carbons (Fsp3) is 0.267. The number of hydrogen-bond donors (Lipinski definition) is 2. The zero-order valence-corrected chi connectivity index (χ0v) is 11.1. The SMILES string of the molecule is CC(C)Oc1cccc(-c2ccc(CN)c(=O)[nH]2)c1. The van der Waals surface area contributed by atoms with Crippen molar-refractivity contribution < 1.29 is 4.74 Å². The second-order valence-corrected chi connectivity index (χ2v) is 4.62. The van der Waals surface area contributed by atoms with Gasteiger partial charge in [-0.15, -0.1) is 0 Å². The molecule has 0 spiro atoms. The van der Waals surface area contributed by atoms with Crippen molar-refractivity contribution in [3.05, 3.63) is 52.3 Å². The summed E-state index contributed by atoms with van der Waals surface area (Å²) in [5, 5.41) is 0. The van der Waals surface area contributed by atoms with E-state index in [0.29, 0.717) is 5.56 Å². The molecule has 4 heteroatoms. The number of aromatic nitrogens is 1. The third-order valence-electron chi connectivity index (χ3n) is 2.73. The molecule has 0 saturated carbocycles. The number of ether oxygens (including phenoxy) is 1. The Bertz CT molecular complexity index is 618. The summed E-state index contributed by atoms with van der Waals surface area (Å²) in [6.07, 6.45) is 0.119. The molecule has 0 amide bonds. The monoisotopic (exact) mass is 258 g/mol. The predicted molar refractivity (Wildman–Crippen MR) is 76.2 cm³/mol. The standard InChI is InChI=1S/C15H18N2O2/c1-10(2)19-13-5-3-4-11(8-13)14-7-6-12(9-16)15(18)17-14/h3-8,10H,9,16H2,1-2H3,(H,17,18). The van der Waals surface area contributed by atoms with Crippen molar-refractivity contribution in [2.75, 3.05) is 0 Å². The molecule has 1 heterocycles. The molecule has 1 aromatic heterocycles. The minimum Gasteiger partial charge on any atom is -0.491 e. The second-order valence-electron chi connectivity index (χ2n) is 4.62. The van der Waals surface area contributed by atoms with Crippen molar-refractivity contribution >= 4 is 0 Å². The van der Waals surface area contributed by atoms with Crippen molar-refractivity contribution in [3.8, 4) is 17.0 Å². The lowest BCUT2D eigenvalue weighted by molar-refractivity contribution is 0.242. The quantitative estimate of drug-likeness (QED) is 0.884. The first-order valence-corrected chi connectivity index (χ1v) is 6.29. The van der Waals surface area contributed by atoms with Gasteiger partial charge in [0.2, 0.25) is 0 Å². The van der Waals surface area contributed by atoms with E-state index in [1.807, 2.05) is 44.2 Å². The summed E-state index contributed by atoms with van der Waals surface area (Å²) in [6.45, 7) is 4.20. The highest BCUT2D eigenvalue weighted by atomic mass is 16.5. The van der Waals surface area contributed by atoms with E-state index in [-0.39, 0.29) is 18.2 Å². The van der Waals surface area contributed by atoms with Crippen LogP contribution >= 0.6 is 0 Å². The molecular formula is C15H18N2O2. The summed E-state index contributed by atoms with van der Waals surface area (Å²) in [6, 6.07) is 11.3. The van der Waals surface area contributed by atoms with Crippen molar-refractivity contribution in [1.82, 2.24) is 4.98 Å². The van der Waals surface area contributed by atoms with Crippen molar-refractivity contribution in [2.45, 2.75) is 26.5 Å². The molecule has 0 unspecified atom stereocenters. The Kier molecular flexibility index (Phi) is 4.02. The molecular weight excluding hydrogens is 240 g/mol. The van der Waals surface area contributed by atoms with Gasteiger partial charge in [0.05, 0.1) is 6.10 Å². The van der Waals surface area contributed by atoms with Gasteiger partial charge in [0.25, 0.3) is 5.56 Å². The molecule has 4 nitrogen and oxygen atoms in total.